The van der Waals surface area contributed by atoms with Crippen LogP contribution in [0.1, 0.15) is 83.0 Å². The number of hydrogen-bond acceptors (Lipinski definition) is 3. The van der Waals surface area contributed by atoms with Crippen molar-refractivity contribution in [3.8, 4) is 44.9 Å². The molecule has 0 amide bonds. The van der Waals surface area contributed by atoms with E-state index >= 15 is 0 Å². The maximum Gasteiger partial charge on any atom is 0.119 e. The molecule has 2 aliphatic rings. The minimum absolute atomic E-state index is 0.390. The normalized spacial score (nSPS) is 15.6. The minimum atomic E-state index is -0.390. The fourth-order valence-corrected chi connectivity index (χ4v) is 12.5. The second-order valence-corrected chi connectivity index (χ2v) is 20.5. The van der Waals surface area contributed by atoms with Crippen LogP contribution in [0, 0.1) is 0 Å². The lowest BCUT2D eigenvalue weighted by Gasteiger charge is -2.35. The molecule has 0 spiro atoms. The van der Waals surface area contributed by atoms with Crippen LogP contribution in [0.3, 0.4) is 0 Å². The zero-order valence-electron chi connectivity index (χ0n) is 43.7. The Morgan fingerprint density at radius 3 is 1.16 bits per heavy atom. The van der Waals surface area contributed by atoms with Gasteiger partial charge in [0.2, 0.25) is 0 Å². The molecule has 0 heterocycles. The Bertz CT molecular complexity index is 3460. The van der Waals surface area contributed by atoms with Crippen molar-refractivity contribution in [2.75, 3.05) is 18.1 Å². The molecule has 2 unspecified atom stereocenters. The van der Waals surface area contributed by atoms with Crippen LogP contribution in [-0.2, 0) is 10.8 Å². The number of nitrogens with zero attached hydrogens (tertiary/aromatic N) is 1. The first-order valence-electron chi connectivity index (χ1n) is 27.3. The Hall–Kier alpha value is -8.92. The van der Waals surface area contributed by atoms with Crippen LogP contribution in [0.4, 0.5) is 17.1 Å². The highest BCUT2D eigenvalue weighted by molar-refractivity contribution is 5.90. The molecular weight excluding hydrogens is 935 g/mol. The van der Waals surface area contributed by atoms with Crippen molar-refractivity contribution in [2.24, 2.45) is 0 Å². The quantitative estimate of drug-likeness (QED) is 0.0710. The third kappa shape index (κ3) is 9.27. The fraction of sp³-hybridized carbons (Fsp3) is 0.135. The van der Waals surface area contributed by atoms with Gasteiger partial charge in [0.15, 0.2) is 0 Å². The van der Waals surface area contributed by atoms with Crippen molar-refractivity contribution in [3.63, 3.8) is 0 Å². The first-order chi connectivity index (χ1) is 38.1. The van der Waals surface area contributed by atoms with E-state index in [1.165, 1.54) is 66.8 Å². The van der Waals surface area contributed by atoms with E-state index in [4.69, 9.17) is 9.47 Å². The highest BCUT2D eigenvalue weighted by Crippen LogP contribution is 2.59. The van der Waals surface area contributed by atoms with E-state index < -0.39 is 10.8 Å². The zero-order chi connectivity index (χ0) is 52.0. The Balaban J connectivity index is 0.966. The lowest BCUT2D eigenvalue weighted by Crippen LogP contribution is -2.28. The summed E-state index contributed by atoms with van der Waals surface area (Å²) in [6, 6.07) is 91.4. The summed E-state index contributed by atoms with van der Waals surface area (Å²) in [5.74, 6) is 1.78. The molecular formula is C74H63NO2. The van der Waals surface area contributed by atoms with Gasteiger partial charge in [0, 0.05) is 27.9 Å². The van der Waals surface area contributed by atoms with Gasteiger partial charge in [-0.3, -0.25) is 0 Å². The molecule has 10 aromatic carbocycles. The van der Waals surface area contributed by atoms with Crippen molar-refractivity contribution in [1.29, 1.82) is 0 Å². The predicted molar refractivity (Wildman–Crippen MR) is 322 cm³/mol. The van der Waals surface area contributed by atoms with Gasteiger partial charge in [-0.05, 0) is 177 Å². The highest BCUT2D eigenvalue weighted by Gasteiger charge is 2.46. The average Bonchev–Trinajstić information content (AvgIpc) is 4.20. The second-order valence-electron chi connectivity index (χ2n) is 20.5. The lowest BCUT2D eigenvalue weighted by molar-refractivity contribution is 0.301. The number of anilines is 3. The van der Waals surface area contributed by atoms with Crippen LogP contribution in [0.25, 0.3) is 45.5 Å². The minimum Gasteiger partial charge on any atom is -0.494 e. The van der Waals surface area contributed by atoms with Crippen LogP contribution in [0.5, 0.6) is 11.5 Å². The monoisotopic (exact) mass is 997 g/mol. The number of unbranched alkanes of at least 4 members (excludes halogenated alkanes) is 2. The molecule has 2 aliphatic carbocycles. The molecule has 12 rings (SSSR count). The van der Waals surface area contributed by atoms with Gasteiger partial charge >= 0.3 is 0 Å². The molecule has 376 valence electrons. The maximum atomic E-state index is 6.33. The molecule has 0 saturated heterocycles. The van der Waals surface area contributed by atoms with Crippen molar-refractivity contribution in [1.82, 2.24) is 0 Å². The predicted octanol–water partition coefficient (Wildman–Crippen LogP) is 19.2. The molecule has 0 saturated carbocycles. The molecule has 10 aromatic rings. The molecule has 3 heteroatoms. The van der Waals surface area contributed by atoms with Gasteiger partial charge in [-0.15, -0.1) is 0 Å². The summed E-state index contributed by atoms with van der Waals surface area (Å²) in [5, 5.41) is 0. The van der Waals surface area contributed by atoms with Crippen molar-refractivity contribution >= 4 is 29.2 Å². The summed E-state index contributed by atoms with van der Waals surface area (Å²) in [4.78, 5) is 2.50. The van der Waals surface area contributed by atoms with E-state index in [0.717, 1.165) is 78.2 Å². The molecule has 0 bridgehead atoms. The van der Waals surface area contributed by atoms with E-state index in [-0.39, 0.29) is 0 Å². The summed E-state index contributed by atoms with van der Waals surface area (Å²) in [7, 11) is 0. The van der Waals surface area contributed by atoms with Crippen LogP contribution in [0.15, 0.2) is 262 Å². The topological polar surface area (TPSA) is 21.7 Å². The third-order valence-electron chi connectivity index (χ3n) is 16.2. The Labute approximate surface area is 455 Å². The Morgan fingerprint density at radius 1 is 0.338 bits per heavy atom. The van der Waals surface area contributed by atoms with Gasteiger partial charge in [-0.25, -0.2) is 0 Å². The third-order valence-corrected chi connectivity index (χ3v) is 16.2. The van der Waals surface area contributed by atoms with Crippen LogP contribution >= 0.6 is 0 Å². The molecule has 2 atom stereocenters. The van der Waals surface area contributed by atoms with Gasteiger partial charge in [-0.1, -0.05) is 213 Å². The first-order valence-corrected chi connectivity index (χ1v) is 27.3. The van der Waals surface area contributed by atoms with Crippen molar-refractivity contribution in [3.05, 3.63) is 306 Å². The molecule has 0 aliphatic heterocycles. The summed E-state index contributed by atoms with van der Waals surface area (Å²) >= 11 is 0. The Kier molecular flexibility index (Phi) is 13.8. The summed E-state index contributed by atoms with van der Waals surface area (Å²) < 4.78 is 12.7. The molecule has 0 fully saturated rings. The van der Waals surface area contributed by atoms with Crippen LogP contribution in [0.2, 0.25) is 0 Å². The molecule has 0 aromatic heterocycles. The van der Waals surface area contributed by atoms with E-state index in [0.29, 0.717) is 13.2 Å². The summed E-state index contributed by atoms with van der Waals surface area (Å²) in [5.41, 5.74) is 20.3. The molecule has 0 N–H and O–H groups in total. The van der Waals surface area contributed by atoms with Gasteiger partial charge in [0.1, 0.15) is 11.5 Å². The molecule has 77 heavy (non-hydrogen) atoms. The smallest absolute Gasteiger partial charge is 0.119 e. The summed E-state index contributed by atoms with van der Waals surface area (Å²) in [6.45, 7) is 9.12. The molecule has 3 nitrogen and oxygen atoms in total. The van der Waals surface area contributed by atoms with Crippen molar-refractivity contribution in [2.45, 2.75) is 49.4 Å². The van der Waals surface area contributed by atoms with Crippen LogP contribution < -0.4 is 14.4 Å². The SMILES string of the molecule is C=Cc1ccc(OCCCCC2(c3ccccc3)c3ccccc3-c3ccc(N(c4ccc(-c5ccccc5)cc4)c4ccc5c(c4)C(CCCCOc4ccc(C=C)cc4)(c4ccccc4)c4ccccc4-5)cc32)cc1. The number of ether oxygens (including phenoxy) is 2. The second kappa shape index (κ2) is 21.7. The summed E-state index contributed by atoms with van der Waals surface area (Å²) in [6.07, 6.45) is 9.39. The number of rotatable bonds is 20. The number of benzene rings is 10. The van der Waals surface area contributed by atoms with Gasteiger partial charge in [0.25, 0.3) is 0 Å². The maximum absolute atomic E-state index is 6.33. The number of fused-ring (bicyclic) bond motifs is 6. The Morgan fingerprint density at radius 2 is 0.714 bits per heavy atom. The van der Waals surface area contributed by atoms with E-state index in [1.54, 1.807) is 0 Å². The lowest BCUT2D eigenvalue weighted by atomic mass is 9.69. The van der Waals surface area contributed by atoms with E-state index in [9.17, 15) is 0 Å². The fourth-order valence-electron chi connectivity index (χ4n) is 12.5. The highest BCUT2D eigenvalue weighted by atomic mass is 16.5. The van der Waals surface area contributed by atoms with E-state index in [2.05, 4.69) is 243 Å². The first kappa shape index (κ1) is 49.0. The standard InChI is InChI=1S/C74H63NO2/c1-3-54-32-42-63(43-33-54)76-50-20-18-48-73(58-24-10-6-11-25-58)69-30-16-14-28-65(69)67-46-40-61(52-71(67)73)75(60-38-36-57(37-39-60)56-22-8-5-9-23-56)62-41-47-68-66-29-15-17-31-70(66)74(72(68)53-62,59-26-12-7-13-27-59)49-19-21-51-77-64-44-34-55(4-2)35-45-64/h3-17,22-47,52-53H,1-2,18-21,48-51H2. The van der Waals surface area contributed by atoms with Gasteiger partial charge in [0.05, 0.1) is 13.2 Å². The van der Waals surface area contributed by atoms with Crippen LogP contribution in [-0.4, -0.2) is 13.2 Å². The number of hydrogen-bond donors (Lipinski definition) is 0. The van der Waals surface area contributed by atoms with Crippen molar-refractivity contribution < 1.29 is 9.47 Å². The molecule has 0 radical (unpaired) electrons. The largest absolute Gasteiger partial charge is 0.494 e. The average molecular weight is 998 g/mol. The van der Waals surface area contributed by atoms with Gasteiger partial charge in [-0.2, -0.15) is 0 Å². The van der Waals surface area contributed by atoms with Gasteiger partial charge < -0.3 is 14.4 Å². The van der Waals surface area contributed by atoms with E-state index in [1.807, 2.05) is 36.4 Å². The zero-order valence-corrected chi connectivity index (χ0v) is 43.7.